The molecule has 2 aliphatic carbocycles. The van der Waals surface area contributed by atoms with Crippen molar-refractivity contribution in [3.63, 3.8) is 0 Å². The van der Waals surface area contributed by atoms with Crippen molar-refractivity contribution in [2.75, 3.05) is 25.1 Å². The number of rotatable bonds is 7. The van der Waals surface area contributed by atoms with Crippen LogP contribution in [0.25, 0.3) is 0 Å². The number of nitrogens with zero attached hydrogens (tertiary/aromatic N) is 2. The molecule has 0 bridgehead atoms. The molecule has 1 N–H and O–H groups in total. The van der Waals surface area contributed by atoms with Crippen molar-refractivity contribution in [1.82, 2.24) is 9.97 Å². The van der Waals surface area contributed by atoms with Crippen LogP contribution in [0.4, 0.5) is 5.82 Å². The monoisotopic (exact) mass is 281 g/mol. The van der Waals surface area contributed by atoms with E-state index in [1.807, 2.05) is 6.92 Å². The van der Waals surface area contributed by atoms with Crippen molar-refractivity contribution >= 4 is 17.4 Å². The van der Waals surface area contributed by atoms with Crippen LogP contribution in [0.2, 0.25) is 5.15 Å². The Morgan fingerprint density at radius 2 is 2.05 bits per heavy atom. The summed E-state index contributed by atoms with van der Waals surface area (Å²) in [5, 5.41) is 3.88. The molecule has 5 heteroatoms. The van der Waals surface area contributed by atoms with Crippen LogP contribution in [-0.2, 0) is 4.74 Å². The van der Waals surface area contributed by atoms with Crippen molar-refractivity contribution in [2.45, 2.75) is 38.5 Å². The van der Waals surface area contributed by atoms with E-state index in [4.69, 9.17) is 16.3 Å². The van der Waals surface area contributed by atoms with E-state index in [1.165, 1.54) is 25.7 Å². The minimum absolute atomic E-state index is 0.518. The third-order valence-electron chi connectivity index (χ3n) is 3.64. The Bertz CT molecular complexity index is 458. The predicted molar refractivity (Wildman–Crippen MR) is 75.8 cm³/mol. The molecule has 0 unspecified atom stereocenters. The Kier molecular flexibility index (Phi) is 3.89. The summed E-state index contributed by atoms with van der Waals surface area (Å²) in [6.07, 6.45) is 5.03. The molecule has 0 spiro atoms. The van der Waals surface area contributed by atoms with Gasteiger partial charge in [-0.2, -0.15) is 0 Å². The van der Waals surface area contributed by atoms with Gasteiger partial charge in [0.05, 0.1) is 6.61 Å². The van der Waals surface area contributed by atoms with Gasteiger partial charge in [-0.3, -0.25) is 0 Å². The topological polar surface area (TPSA) is 47.0 Å². The second-order valence-corrected chi connectivity index (χ2v) is 5.92. The molecule has 0 aliphatic heterocycles. The second kappa shape index (κ2) is 5.63. The number of ether oxygens (including phenoxy) is 1. The number of halogens is 1. The molecular formula is C14H20ClN3O. The van der Waals surface area contributed by atoms with Crippen molar-refractivity contribution in [3.05, 3.63) is 16.5 Å². The first-order chi connectivity index (χ1) is 9.24. The fourth-order valence-corrected chi connectivity index (χ4v) is 2.15. The van der Waals surface area contributed by atoms with Gasteiger partial charge < -0.3 is 10.1 Å². The zero-order chi connectivity index (χ0) is 13.2. The summed E-state index contributed by atoms with van der Waals surface area (Å²) < 4.78 is 5.60. The Balaban J connectivity index is 1.52. The summed E-state index contributed by atoms with van der Waals surface area (Å²) in [7, 11) is 0. The normalized spacial score (nSPS) is 18.6. The van der Waals surface area contributed by atoms with Crippen molar-refractivity contribution < 1.29 is 4.74 Å². The highest BCUT2D eigenvalue weighted by Gasteiger charge is 2.28. The summed E-state index contributed by atoms with van der Waals surface area (Å²) >= 11 is 6.16. The van der Waals surface area contributed by atoms with E-state index in [0.717, 1.165) is 42.9 Å². The molecule has 1 heterocycles. The van der Waals surface area contributed by atoms with Gasteiger partial charge in [0.1, 0.15) is 16.8 Å². The van der Waals surface area contributed by atoms with Gasteiger partial charge in [0.2, 0.25) is 0 Å². The minimum atomic E-state index is 0.518. The van der Waals surface area contributed by atoms with E-state index in [0.29, 0.717) is 11.1 Å². The molecule has 104 valence electrons. The molecule has 0 atom stereocenters. The lowest BCUT2D eigenvalue weighted by Gasteiger charge is -2.11. The molecule has 2 fully saturated rings. The molecule has 0 aromatic carbocycles. The summed E-state index contributed by atoms with van der Waals surface area (Å²) in [6, 6.07) is 0. The van der Waals surface area contributed by atoms with Crippen LogP contribution in [0, 0.1) is 12.8 Å². The van der Waals surface area contributed by atoms with Gasteiger partial charge >= 0.3 is 0 Å². The summed E-state index contributed by atoms with van der Waals surface area (Å²) in [4.78, 5) is 8.93. The average Bonchev–Trinajstić information content (AvgIpc) is 3.27. The van der Waals surface area contributed by atoms with Crippen molar-refractivity contribution in [3.8, 4) is 0 Å². The number of nitrogens with one attached hydrogen (secondary N) is 1. The maximum Gasteiger partial charge on any atom is 0.137 e. The highest BCUT2D eigenvalue weighted by molar-refractivity contribution is 6.30. The lowest BCUT2D eigenvalue weighted by atomic mass is 10.3. The maximum atomic E-state index is 6.16. The van der Waals surface area contributed by atoms with E-state index in [1.54, 1.807) is 0 Å². The van der Waals surface area contributed by atoms with Gasteiger partial charge in [-0.1, -0.05) is 11.6 Å². The Morgan fingerprint density at radius 3 is 2.74 bits per heavy atom. The van der Waals surface area contributed by atoms with Gasteiger partial charge in [0.25, 0.3) is 0 Å². The zero-order valence-electron chi connectivity index (χ0n) is 11.3. The predicted octanol–water partition coefficient (Wildman–Crippen LogP) is 3.15. The summed E-state index contributed by atoms with van der Waals surface area (Å²) in [6.45, 7) is 4.34. The highest BCUT2D eigenvalue weighted by Crippen LogP contribution is 2.39. The van der Waals surface area contributed by atoms with E-state index in [-0.39, 0.29) is 0 Å². The Labute approximate surface area is 118 Å². The van der Waals surface area contributed by atoms with Gasteiger partial charge in [-0.25, -0.2) is 9.97 Å². The Morgan fingerprint density at radius 1 is 1.26 bits per heavy atom. The van der Waals surface area contributed by atoms with Crippen LogP contribution in [0.3, 0.4) is 0 Å². The molecule has 2 saturated carbocycles. The molecule has 1 aromatic rings. The fraction of sp³-hybridized carbons (Fsp3) is 0.714. The zero-order valence-corrected chi connectivity index (χ0v) is 12.0. The largest absolute Gasteiger partial charge is 0.379 e. The van der Waals surface area contributed by atoms with Crippen molar-refractivity contribution in [2.24, 2.45) is 5.92 Å². The first kappa shape index (κ1) is 13.1. The summed E-state index contributed by atoms with van der Waals surface area (Å²) in [5.74, 6) is 3.08. The van der Waals surface area contributed by atoms with E-state index < -0.39 is 0 Å². The lowest BCUT2D eigenvalue weighted by molar-refractivity contribution is 0.134. The molecule has 0 saturated heterocycles. The molecule has 4 nitrogen and oxygen atoms in total. The van der Waals surface area contributed by atoms with Crippen LogP contribution < -0.4 is 5.32 Å². The van der Waals surface area contributed by atoms with Crippen LogP contribution >= 0.6 is 11.6 Å². The molecule has 0 radical (unpaired) electrons. The van der Waals surface area contributed by atoms with Gasteiger partial charge in [0, 0.05) is 24.6 Å². The number of anilines is 1. The van der Waals surface area contributed by atoms with Gasteiger partial charge in [0.15, 0.2) is 0 Å². The van der Waals surface area contributed by atoms with Crippen LogP contribution in [0.15, 0.2) is 0 Å². The standard InChI is InChI=1S/C14H20ClN3O/c1-9-12(15)17-14(11-4-5-11)18-13(9)16-6-7-19-8-10-2-3-10/h10-11H,2-8H2,1H3,(H,16,17,18). The lowest BCUT2D eigenvalue weighted by Crippen LogP contribution is -2.13. The minimum Gasteiger partial charge on any atom is -0.379 e. The third-order valence-corrected chi connectivity index (χ3v) is 4.00. The van der Waals surface area contributed by atoms with Gasteiger partial charge in [-0.05, 0) is 38.5 Å². The molecule has 19 heavy (non-hydrogen) atoms. The quantitative estimate of drug-likeness (QED) is 0.616. The SMILES string of the molecule is Cc1c(Cl)nc(C2CC2)nc1NCCOCC1CC1. The van der Waals surface area contributed by atoms with E-state index >= 15 is 0 Å². The molecule has 2 aliphatic rings. The number of hydrogen-bond acceptors (Lipinski definition) is 4. The number of hydrogen-bond donors (Lipinski definition) is 1. The first-order valence-electron chi connectivity index (χ1n) is 7.09. The molecule has 3 rings (SSSR count). The summed E-state index contributed by atoms with van der Waals surface area (Å²) in [5.41, 5.74) is 0.924. The van der Waals surface area contributed by atoms with E-state index in [9.17, 15) is 0 Å². The average molecular weight is 282 g/mol. The fourth-order valence-electron chi connectivity index (χ4n) is 1.98. The first-order valence-corrected chi connectivity index (χ1v) is 7.47. The number of aromatic nitrogens is 2. The molecular weight excluding hydrogens is 262 g/mol. The maximum absolute atomic E-state index is 6.16. The van der Waals surface area contributed by atoms with Crippen LogP contribution in [-0.4, -0.2) is 29.7 Å². The molecule has 0 amide bonds. The highest BCUT2D eigenvalue weighted by atomic mass is 35.5. The molecule has 1 aromatic heterocycles. The third kappa shape index (κ3) is 3.57. The smallest absolute Gasteiger partial charge is 0.137 e. The van der Waals surface area contributed by atoms with Crippen LogP contribution in [0.5, 0.6) is 0 Å². The van der Waals surface area contributed by atoms with E-state index in [2.05, 4.69) is 15.3 Å². The Hall–Kier alpha value is -0.870. The second-order valence-electron chi connectivity index (χ2n) is 5.57. The van der Waals surface area contributed by atoms with Crippen LogP contribution in [0.1, 0.15) is 43.0 Å². The van der Waals surface area contributed by atoms with Crippen molar-refractivity contribution in [1.29, 1.82) is 0 Å². The van der Waals surface area contributed by atoms with Gasteiger partial charge in [-0.15, -0.1) is 0 Å².